The van der Waals surface area contributed by atoms with Crippen molar-refractivity contribution in [3.63, 3.8) is 0 Å². The minimum atomic E-state index is -3.81. The third-order valence-corrected chi connectivity index (χ3v) is 13.3. The molecule has 8 rings (SSSR count). The number of benzene rings is 1. The van der Waals surface area contributed by atoms with Crippen molar-refractivity contribution in [2.75, 3.05) is 51.5 Å². The Morgan fingerprint density at radius 1 is 0.606 bits per heavy atom. The maximum atomic E-state index is 16.0. The van der Waals surface area contributed by atoms with Crippen LogP contribution in [0.4, 0.5) is 17.6 Å². The number of nitrogens with zero attached hydrogens (tertiary/aromatic N) is 7. The second-order valence-electron chi connectivity index (χ2n) is 15.3. The molecule has 2 N–H and O–H groups in total. The van der Waals surface area contributed by atoms with Crippen LogP contribution in [-0.4, -0.2) is 113 Å². The predicted octanol–water partition coefficient (Wildman–Crippen LogP) is 5.86. The van der Waals surface area contributed by atoms with Crippen LogP contribution in [0.1, 0.15) is 22.3 Å². The number of aryl methyl sites for hydroxylation is 2. The molecule has 0 aliphatic heterocycles. The lowest BCUT2D eigenvalue weighted by molar-refractivity contribution is 0.289. The molecule has 66 heavy (non-hydrogen) atoms. The fourth-order valence-electron chi connectivity index (χ4n) is 7.26. The maximum absolute atomic E-state index is 16.0. The van der Waals surface area contributed by atoms with Gasteiger partial charge in [0.25, 0.3) is 11.8 Å². The third-order valence-electron chi connectivity index (χ3n) is 10.8. The first-order valence-electron chi connectivity index (χ1n) is 20.0. The van der Waals surface area contributed by atoms with E-state index >= 15 is 17.6 Å². The summed E-state index contributed by atoms with van der Waals surface area (Å²) in [5, 5.41) is 9.67. The van der Waals surface area contributed by atoms with Crippen LogP contribution in [0.15, 0.2) is 67.8 Å². The Balaban J connectivity index is 0.916. The molecule has 346 valence electrons. The molecule has 17 nitrogen and oxygen atoms in total. The van der Waals surface area contributed by atoms with Gasteiger partial charge in [-0.05, 0) is 23.3 Å². The van der Waals surface area contributed by atoms with Gasteiger partial charge in [-0.3, -0.25) is 9.36 Å². The molecule has 23 heteroatoms. The Kier molecular flexibility index (Phi) is 12.7. The molecule has 0 spiro atoms. The first kappa shape index (κ1) is 45.6. The molecule has 7 heterocycles. The van der Waals surface area contributed by atoms with Gasteiger partial charge in [-0.15, -0.1) is 0 Å². The van der Waals surface area contributed by atoms with E-state index in [1.54, 1.807) is 55.5 Å². The average molecular weight is 952 g/mol. The van der Waals surface area contributed by atoms with E-state index in [1.807, 2.05) is 0 Å². The Bertz CT molecular complexity index is 3310. The van der Waals surface area contributed by atoms with Crippen molar-refractivity contribution < 1.29 is 53.3 Å². The fourth-order valence-corrected chi connectivity index (χ4v) is 8.78. The molecule has 0 bridgehead atoms. The van der Waals surface area contributed by atoms with Gasteiger partial charge in [0, 0.05) is 106 Å². The molecule has 8 aromatic rings. The zero-order valence-corrected chi connectivity index (χ0v) is 37.4. The average Bonchev–Trinajstić information content (AvgIpc) is 4.13. The molecule has 7 aromatic heterocycles. The highest BCUT2D eigenvalue weighted by Crippen LogP contribution is 2.35. The van der Waals surface area contributed by atoms with Gasteiger partial charge in [0.2, 0.25) is 0 Å². The van der Waals surface area contributed by atoms with Crippen LogP contribution in [0.2, 0.25) is 0 Å². The van der Waals surface area contributed by atoms with E-state index in [0.717, 1.165) is 19.4 Å². The summed E-state index contributed by atoms with van der Waals surface area (Å²) in [6.45, 7) is -0.395. The van der Waals surface area contributed by atoms with Gasteiger partial charge < -0.3 is 28.9 Å². The van der Waals surface area contributed by atoms with Crippen molar-refractivity contribution in [3.8, 4) is 45.5 Å². The second-order valence-corrected chi connectivity index (χ2v) is 19.8. The summed E-state index contributed by atoms with van der Waals surface area (Å²) in [5.74, 6) is -6.43. The Morgan fingerprint density at radius 3 is 1.61 bits per heavy atom. The molecular formula is C43H41F4N9O8S2. The van der Waals surface area contributed by atoms with E-state index in [9.17, 15) is 16.8 Å². The smallest absolute Gasteiger partial charge is 0.254 e. The topological polar surface area (TPSA) is 211 Å². The number of halogens is 4. The third kappa shape index (κ3) is 9.66. The zero-order chi connectivity index (χ0) is 46.9. The van der Waals surface area contributed by atoms with Gasteiger partial charge in [0.1, 0.15) is 27.7 Å². The van der Waals surface area contributed by atoms with Crippen molar-refractivity contribution in [1.82, 2.24) is 44.5 Å². The number of fused-ring (bicyclic) bond motifs is 2. The number of hydrogen-bond acceptors (Lipinski definition) is 13. The summed E-state index contributed by atoms with van der Waals surface area (Å²) in [5.41, 5.74) is 3.74. The SMILES string of the molecule is COc1cc(OC)c(F)c(Cc2c[nH]c3ncc(-c4cnn(CCS(=O)(=O)CCOc5nc(OC)c(F)c(Cc6c[nH]c7ncc(-c8cnn(CCS(C)(=O)=O)c8)cc67)c5F)c4)cc23)c1F. The number of sulfone groups is 2. The molecule has 0 aliphatic carbocycles. The van der Waals surface area contributed by atoms with E-state index in [-0.39, 0.29) is 54.5 Å². The van der Waals surface area contributed by atoms with Crippen LogP contribution in [-0.2, 0) is 45.6 Å². The minimum Gasteiger partial charge on any atom is -0.494 e. The lowest BCUT2D eigenvalue weighted by atomic mass is 10.0. The Labute approximate surface area is 374 Å². The fraction of sp³-hybridized carbons (Fsp3) is 0.279. The first-order valence-corrected chi connectivity index (χ1v) is 23.9. The van der Waals surface area contributed by atoms with E-state index in [4.69, 9.17) is 18.9 Å². The summed E-state index contributed by atoms with van der Waals surface area (Å²) in [6.07, 6.45) is 13.4. The van der Waals surface area contributed by atoms with Crippen LogP contribution in [0.25, 0.3) is 44.3 Å². The van der Waals surface area contributed by atoms with Crippen molar-refractivity contribution in [1.29, 1.82) is 0 Å². The normalized spacial score (nSPS) is 12.1. The molecular weight excluding hydrogens is 911 g/mol. The maximum Gasteiger partial charge on any atom is 0.254 e. The second kappa shape index (κ2) is 18.5. The van der Waals surface area contributed by atoms with Crippen LogP contribution in [0.3, 0.4) is 0 Å². The van der Waals surface area contributed by atoms with Gasteiger partial charge >= 0.3 is 0 Å². The quantitative estimate of drug-likeness (QED) is 0.0911. The largest absolute Gasteiger partial charge is 0.494 e. The summed E-state index contributed by atoms with van der Waals surface area (Å²) in [6, 6.07) is 4.68. The summed E-state index contributed by atoms with van der Waals surface area (Å²) < 4.78 is 135. The zero-order valence-electron chi connectivity index (χ0n) is 35.7. The van der Waals surface area contributed by atoms with Crippen molar-refractivity contribution in [3.05, 3.63) is 113 Å². The number of methoxy groups -OCH3 is 3. The van der Waals surface area contributed by atoms with Gasteiger partial charge in [-0.2, -0.15) is 15.2 Å². The van der Waals surface area contributed by atoms with Crippen LogP contribution in [0.5, 0.6) is 23.3 Å². The van der Waals surface area contributed by atoms with E-state index in [1.165, 1.54) is 29.8 Å². The minimum absolute atomic E-state index is 0.0442. The molecule has 0 saturated carbocycles. The van der Waals surface area contributed by atoms with Crippen LogP contribution in [0, 0.1) is 23.3 Å². The molecule has 1 aromatic carbocycles. The highest BCUT2D eigenvalue weighted by molar-refractivity contribution is 7.91. The summed E-state index contributed by atoms with van der Waals surface area (Å²) in [4.78, 5) is 18.7. The van der Waals surface area contributed by atoms with Gasteiger partial charge in [-0.25, -0.2) is 44.4 Å². The standard InChI is InChI=1S/C43H41F4N9O8S2/c1-61-34-15-35(62-2)37(45)32(36(34)44)13-26-18-50-40-30(26)11-25(17-48-40)29-21-53-56(23-29)6-9-66(59,60)10-7-64-43-39(47)33(38(46)42(54-43)63-3)14-27-19-51-41-31(27)12-24(16-49-41)28-20-52-55(22-28)5-8-65(4,57)58/h11-12,15-23H,5-10,13-14H2,1-4H3,(H,48,50)(H,49,51). The Morgan fingerprint density at radius 2 is 1.11 bits per heavy atom. The van der Waals surface area contributed by atoms with Crippen molar-refractivity contribution in [2.24, 2.45) is 0 Å². The first-order chi connectivity index (χ1) is 31.5. The Hall–Kier alpha value is -7.01. The highest BCUT2D eigenvalue weighted by Gasteiger charge is 2.25. The van der Waals surface area contributed by atoms with Gasteiger partial charge in [0.05, 0.1) is 64.1 Å². The van der Waals surface area contributed by atoms with Crippen molar-refractivity contribution in [2.45, 2.75) is 25.9 Å². The number of pyridine rings is 3. The lowest BCUT2D eigenvalue weighted by Gasteiger charge is -2.13. The van der Waals surface area contributed by atoms with Crippen molar-refractivity contribution >= 4 is 41.7 Å². The molecule has 0 amide bonds. The molecule has 0 unspecified atom stereocenters. The lowest BCUT2D eigenvalue weighted by Crippen LogP contribution is -2.21. The van der Waals surface area contributed by atoms with Crippen LogP contribution < -0.4 is 18.9 Å². The van der Waals surface area contributed by atoms with E-state index in [2.05, 4.69) is 35.1 Å². The van der Waals surface area contributed by atoms with E-state index < -0.39 is 72.6 Å². The van der Waals surface area contributed by atoms with E-state index in [0.29, 0.717) is 55.4 Å². The van der Waals surface area contributed by atoms with Gasteiger partial charge in [0.15, 0.2) is 44.6 Å². The highest BCUT2D eigenvalue weighted by atomic mass is 32.2. The number of rotatable bonds is 19. The monoisotopic (exact) mass is 951 g/mol. The molecule has 0 radical (unpaired) electrons. The number of hydrogen-bond donors (Lipinski definition) is 2. The molecule has 0 aliphatic rings. The summed E-state index contributed by atoms with van der Waals surface area (Å²) >= 11 is 0. The molecule has 0 atom stereocenters. The van der Waals surface area contributed by atoms with Gasteiger partial charge in [-0.1, -0.05) is 0 Å². The summed E-state index contributed by atoms with van der Waals surface area (Å²) in [7, 11) is -3.32. The predicted molar refractivity (Wildman–Crippen MR) is 234 cm³/mol. The van der Waals surface area contributed by atoms with Crippen LogP contribution >= 0.6 is 0 Å². The number of nitrogens with one attached hydrogen (secondary N) is 2. The number of aromatic amines is 2. The molecule has 0 saturated heterocycles. The number of aromatic nitrogens is 9. The number of H-pyrrole nitrogens is 2. The number of ether oxygens (including phenoxy) is 4. The molecule has 0 fully saturated rings.